The Morgan fingerprint density at radius 2 is 2.17 bits per heavy atom. The van der Waals surface area contributed by atoms with E-state index >= 15 is 0 Å². The van der Waals surface area contributed by atoms with Crippen molar-refractivity contribution in [1.82, 2.24) is 0 Å². The molecule has 3 heteroatoms. The number of thiophene rings is 1. The lowest BCUT2D eigenvalue weighted by Crippen LogP contribution is -2.39. The van der Waals surface area contributed by atoms with Crippen LogP contribution in [0.15, 0.2) is 12.1 Å². The van der Waals surface area contributed by atoms with Crippen molar-refractivity contribution in [3.63, 3.8) is 0 Å². The Hall–Kier alpha value is -0.380. The third-order valence-electron chi connectivity index (χ3n) is 2.00. The van der Waals surface area contributed by atoms with E-state index in [1.54, 1.807) is 11.3 Å². The fourth-order valence-electron chi connectivity index (χ4n) is 0.975. The van der Waals surface area contributed by atoms with Crippen molar-refractivity contribution in [2.24, 2.45) is 11.5 Å². The predicted molar refractivity (Wildman–Crippen MR) is 54.3 cm³/mol. The summed E-state index contributed by atoms with van der Waals surface area (Å²) in [5.74, 6) is 0. The van der Waals surface area contributed by atoms with Gasteiger partial charge >= 0.3 is 0 Å². The quantitative estimate of drug-likeness (QED) is 0.747. The van der Waals surface area contributed by atoms with Gasteiger partial charge in [-0.05, 0) is 25.5 Å². The summed E-state index contributed by atoms with van der Waals surface area (Å²) in [4.78, 5) is 2.55. The number of rotatable bonds is 3. The Morgan fingerprint density at radius 3 is 2.58 bits per heavy atom. The smallest absolute Gasteiger partial charge is 0.0599 e. The van der Waals surface area contributed by atoms with Crippen molar-refractivity contribution in [2.75, 3.05) is 6.54 Å². The first-order valence-corrected chi connectivity index (χ1v) is 5.00. The standard InChI is InChI=1S/C9H16N2S/c1-3-7-4-5-8(12-7)9(2,11)6-10/h4-5H,3,6,10-11H2,1-2H3. The topological polar surface area (TPSA) is 52.0 Å². The van der Waals surface area contributed by atoms with Crippen LogP contribution in [0, 0.1) is 0 Å². The first-order valence-electron chi connectivity index (χ1n) is 4.18. The van der Waals surface area contributed by atoms with Gasteiger partial charge in [-0.1, -0.05) is 6.92 Å². The average molecular weight is 184 g/mol. The molecule has 0 aromatic carbocycles. The van der Waals surface area contributed by atoms with Gasteiger partial charge in [0.1, 0.15) is 0 Å². The van der Waals surface area contributed by atoms with Crippen LogP contribution in [0.2, 0.25) is 0 Å². The second-order valence-corrected chi connectivity index (χ2v) is 4.41. The molecule has 0 saturated heterocycles. The molecule has 1 unspecified atom stereocenters. The van der Waals surface area contributed by atoms with Crippen LogP contribution in [0.5, 0.6) is 0 Å². The van der Waals surface area contributed by atoms with E-state index < -0.39 is 0 Å². The maximum atomic E-state index is 5.99. The zero-order valence-corrected chi connectivity index (χ0v) is 8.45. The molecule has 0 spiro atoms. The maximum absolute atomic E-state index is 5.99. The largest absolute Gasteiger partial charge is 0.328 e. The molecule has 0 bridgehead atoms. The van der Waals surface area contributed by atoms with Crippen LogP contribution in [0.25, 0.3) is 0 Å². The summed E-state index contributed by atoms with van der Waals surface area (Å²) in [7, 11) is 0. The highest BCUT2D eigenvalue weighted by Crippen LogP contribution is 2.25. The minimum atomic E-state index is -0.349. The fraction of sp³-hybridized carbons (Fsp3) is 0.556. The molecule has 0 fully saturated rings. The molecule has 0 aliphatic rings. The van der Waals surface area contributed by atoms with E-state index in [4.69, 9.17) is 11.5 Å². The summed E-state index contributed by atoms with van der Waals surface area (Å²) in [5, 5.41) is 0. The van der Waals surface area contributed by atoms with Crippen LogP contribution in [0.1, 0.15) is 23.6 Å². The van der Waals surface area contributed by atoms with Gasteiger partial charge in [0.25, 0.3) is 0 Å². The molecule has 1 aromatic rings. The van der Waals surface area contributed by atoms with Crippen molar-refractivity contribution >= 4 is 11.3 Å². The second kappa shape index (κ2) is 3.56. The van der Waals surface area contributed by atoms with Crippen LogP contribution in [0.4, 0.5) is 0 Å². The van der Waals surface area contributed by atoms with E-state index in [1.165, 1.54) is 9.75 Å². The average Bonchev–Trinajstić information content (AvgIpc) is 2.52. The Bertz CT molecular complexity index is 253. The summed E-state index contributed by atoms with van der Waals surface area (Å²) in [6, 6.07) is 4.21. The third kappa shape index (κ3) is 1.86. The van der Waals surface area contributed by atoms with Gasteiger partial charge in [-0.25, -0.2) is 0 Å². The molecule has 1 aromatic heterocycles. The van der Waals surface area contributed by atoms with Crippen LogP contribution >= 0.6 is 11.3 Å². The molecule has 0 saturated carbocycles. The molecule has 0 aliphatic carbocycles. The summed E-state index contributed by atoms with van der Waals surface area (Å²) < 4.78 is 0. The van der Waals surface area contributed by atoms with E-state index in [0.717, 1.165) is 6.42 Å². The van der Waals surface area contributed by atoms with Gasteiger partial charge in [-0.3, -0.25) is 0 Å². The zero-order chi connectivity index (χ0) is 9.19. The Kier molecular flexibility index (Phi) is 2.88. The van der Waals surface area contributed by atoms with E-state index in [2.05, 4.69) is 19.1 Å². The lowest BCUT2D eigenvalue weighted by Gasteiger charge is -2.20. The summed E-state index contributed by atoms with van der Waals surface area (Å²) in [6.45, 7) is 4.61. The number of hydrogen-bond acceptors (Lipinski definition) is 3. The number of hydrogen-bond donors (Lipinski definition) is 2. The van der Waals surface area contributed by atoms with Crippen LogP contribution in [-0.2, 0) is 12.0 Å². The van der Waals surface area contributed by atoms with Gasteiger partial charge in [-0.2, -0.15) is 0 Å². The Balaban J connectivity index is 2.88. The molecule has 1 rings (SSSR count). The van der Waals surface area contributed by atoms with Gasteiger partial charge in [-0.15, -0.1) is 11.3 Å². The van der Waals surface area contributed by atoms with Crippen molar-refractivity contribution < 1.29 is 0 Å². The van der Waals surface area contributed by atoms with Gasteiger partial charge < -0.3 is 11.5 Å². The first kappa shape index (κ1) is 9.71. The molecule has 0 aliphatic heterocycles. The van der Waals surface area contributed by atoms with Crippen molar-refractivity contribution in [3.8, 4) is 0 Å². The maximum Gasteiger partial charge on any atom is 0.0599 e. The Labute approximate surface area is 77.6 Å². The zero-order valence-electron chi connectivity index (χ0n) is 7.63. The van der Waals surface area contributed by atoms with Crippen molar-refractivity contribution in [2.45, 2.75) is 25.8 Å². The van der Waals surface area contributed by atoms with Gasteiger partial charge in [0.15, 0.2) is 0 Å². The SMILES string of the molecule is CCc1ccc(C(C)(N)CN)s1. The minimum Gasteiger partial charge on any atom is -0.328 e. The molecule has 0 radical (unpaired) electrons. The van der Waals surface area contributed by atoms with Crippen LogP contribution in [-0.4, -0.2) is 6.54 Å². The monoisotopic (exact) mass is 184 g/mol. The molecule has 68 valence electrons. The molecule has 1 atom stereocenters. The Morgan fingerprint density at radius 1 is 1.50 bits per heavy atom. The molecule has 0 amide bonds. The molecule has 2 nitrogen and oxygen atoms in total. The third-order valence-corrected chi connectivity index (χ3v) is 3.51. The molecule has 1 heterocycles. The lowest BCUT2D eigenvalue weighted by atomic mass is 10.0. The van der Waals surface area contributed by atoms with Gasteiger partial charge in [0, 0.05) is 16.3 Å². The lowest BCUT2D eigenvalue weighted by molar-refractivity contribution is 0.518. The highest BCUT2D eigenvalue weighted by molar-refractivity contribution is 7.12. The highest BCUT2D eigenvalue weighted by Gasteiger charge is 2.20. The van der Waals surface area contributed by atoms with Crippen LogP contribution in [0.3, 0.4) is 0 Å². The van der Waals surface area contributed by atoms with E-state index in [0.29, 0.717) is 6.54 Å². The van der Waals surface area contributed by atoms with Crippen molar-refractivity contribution in [3.05, 3.63) is 21.9 Å². The van der Waals surface area contributed by atoms with Gasteiger partial charge in [0.05, 0.1) is 5.54 Å². The fourth-order valence-corrected chi connectivity index (χ4v) is 1.99. The highest BCUT2D eigenvalue weighted by atomic mass is 32.1. The molecular weight excluding hydrogens is 168 g/mol. The van der Waals surface area contributed by atoms with Crippen molar-refractivity contribution in [1.29, 1.82) is 0 Å². The predicted octanol–water partition coefficient (Wildman–Crippen LogP) is 1.44. The number of nitrogens with two attached hydrogens (primary N) is 2. The molecule has 12 heavy (non-hydrogen) atoms. The number of aryl methyl sites for hydroxylation is 1. The summed E-state index contributed by atoms with van der Waals surface area (Å²) >= 11 is 1.76. The molecular formula is C9H16N2S. The van der Waals surface area contributed by atoms with Gasteiger partial charge in [0.2, 0.25) is 0 Å². The normalized spacial score (nSPS) is 16.0. The molecule has 4 N–H and O–H groups in total. The summed E-state index contributed by atoms with van der Waals surface area (Å²) in [5.41, 5.74) is 11.2. The first-order chi connectivity index (χ1) is 5.60. The second-order valence-electron chi connectivity index (χ2n) is 3.24. The summed E-state index contributed by atoms with van der Waals surface area (Å²) in [6.07, 6.45) is 1.07. The van der Waals surface area contributed by atoms with Crippen LogP contribution < -0.4 is 11.5 Å². The van der Waals surface area contributed by atoms with E-state index in [-0.39, 0.29) is 5.54 Å². The van der Waals surface area contributed by atoms with E-state index in [9.17, 15) is 0 Å². The van der Waals surface area contributed by atoms with E-state index in [1.807, 2.05) is 6.92 Å². The minimum absolute atomic E-state index is 0.349.